The number of benzene rings is 2. The predicted molar refractivity (Wildman–Crippen MR) is 143 cm³/mol. The van der Waals surface area contributed by atoms with Gasteiger partial charge in [0, 0.05) is 58.3 Å². The Kier molecular flexibility index (Phi) is 11.3. The summed E-state index contributed by atoms with van der Waals surface area (Å²) in [4.78, 5) is 9.41. The molecule has 0 spiro atoms. The van der Waals surface area contributed by atoms with Gasteiger partial charge >= 0.3 is 0 Å². The zero-order valence-corrected chi connectivity index (χ0v) is 21.5. The molecule has 2 atom stereocenters. The summed E-state index contributed by atoms with van der Waals surface area (Å²) in [6, 6.07) is 22.0. The summed E-state index contributed by atoms with van der Waals surface area (Å²) < 4.78 is 0. The van der Waals surface area contributed by atoms with E-state index in [1.54, 1.807) is 0 Å². The first-order valence-electron chi connectivity index (χ1n) is 11.1. The van der Waals surface area contributed by atoms with Crippen LogP contribution in [0.4, 0.5) is 0 Å². The standard InChI is InChI=1S/C25H37N5.HI/c1-21(30-16-14-29(3)15-17-30)19-27-25(26-2)28-20-24(23-12-8-5-9-13-23)18-22-10-6-4-7-11-22;/h4-13,21,24H,14-20H2,1-3H3,(H2,26,27,28);1H. The Morgan fingerprint density at radius 1 is 0.903 bits per heavy atom. The lowest BCUT2D eigenvalue weighted by Crippen LogP contribution is -2.52. The topological polar surface area (TPSA) is 42.9 Å². The van der Waals surface area contributed by atoms with Gasteiger partial charge < -0.3 is 15.5 Å². The number of hydrogen-bond donors (Lipinski definition) is 2. The highest BCUT2D eigenvalue weighted by molar-refractivity contribution is 14.0. The van der Waals surface area contributed by atoms with Crippen LogP contribution in [0.5, 0.6) is 0 Å². The molecule has 2 aromatic carbocycles. The summed E-state index contributed by atoms with van der Waals surface area (Å²) in [6.45, 7) is 8.62. The van der Waals surface area contributed by atoms with Crippen LogP contribution in [-0.2, 0) is 6.42 Å². The number of piperazine rings is 1. The van der Waals surface area contributed by atoms with Crippen LogP contribution in [0.25, 0.3) is 0 Å². The second-order valence-electron chi connectivity index (χ2n) is 8.32. The minimum Gasteiger partial charge on any atom is -0.356 e. The van der Waals surface area contributed by atoms with Crippen molar-refractivity contribution in [3.63, 3.8) is 0 Å². The van der Waals surface area contributed by atoms with Crippen LogP contribution in [0.3, 0.4) is 0 Å². The number of halogens is 1. The quantitative estimate of drug-likeness (QED) is 0.309. The fraction of sp³-hybridized carbons (Fsp3) is 0.480. The molecule has 1 aliphatic heterocycles. The molecule has 0 aliphatic carbocycles. The third kappa shape index (κ3) is 8.43. The number of guanidine groups is 1. The summed E-state index contributed by atoms with van der Waals surface area (Å²) in [7, 11) is 4.05. The van der Waals surface area contributed by atoms with Crippen molar-refractivity contribution in [3.8, 4) is 0 Å². The fourth-order valence-corrected chi connectivity index (χ4v) is 4.01. The van der Waals surface area contributed by atoms with Crippen molar-refractivity contribution in [3.05, 3.63) is 71.8 Å². The molecule has 6 heteroatoms. The number of hydrogen-bond acceptors (Lipinski definition) is 3. The molecule has 2 N–H and O–H groups in total. The minimum atomic E-state index is 0. The molecule has 5 nitrogen and oxygen atoms in total. The molecular weight excluding hydrogens is 497 g/mol. The molecule has 2 unspecified atom stereocenters. The van der Waals surface area contributed by atoms with Crippen LogP contribution in [0.1, 0.15) is 24.0 Å². The van der Waals surface area contributed by atoms with Crippen LogP contribution in [0.15, 0.2) is 65.7 Å². The maximum atomic E-state index is 4.46. The molecule has 1 saturated heterocycles. The van der Waals surface area contributed by atoms with Crippen molar-refractivity contribution < 1.29 is 0 Å². The summed E-state index contributed by atoms with van der Waals surface area (Å²) in [5.74, 6) is 1.27. The molecule has 0 amide bonds. The van der Waals surface area contributed by atoms with E-state index in [1.807, 2.05) is 7.05 Å². The van der Waals surface area contributed by atoms with Crippen molar-refractivity contribution in [1.29, 1.82) is 0 Å². The molecule has 1 heterocycles. The molecule has 2 aromatic rings. The predicted octanol–water partition coefficient (Wildman–Crippen LogP) is 3.43. The van der Waals surface area contributed by atoms with E-state index in [2.05, 4.69) is 100 Å². The second kappa shape index (κ2) is 13.7. The van der Waals surface area contributed by atoms with E-state index in [4.69, 9.17) is 0 Å². The summed E-state index contributed by atoms with van der Waals surface area (Å²) >= 11 is 0. The fourth-order valence-electron chi connectivity index (χ4n) is 4.01. The van der Waals surface area contributed by atoms with E-state index in [9.17, 15) is 0 Å². The monoisotopic (exact) mass is 535 g/mol. The molecular formula is C25H38IN5. The van der Waals surface area contributed by atoms with Crippen LogP contribution in [0, 0.1) is 0 Å². The van der Waals surface area contributed by atoms with Gasteiger partial charge in [-0.15, -0.1) is 24.0 Å². The van der Waals surface area contributed by atoms with Gasteiger partial charge in [0.1, 0.15) is 0 Å². The van der Waals surface area contributed by atoms with E-state index in [-0.39, 0.29) is 24.0 Å². The van der Waals surface area contributed by atoms with Gasteiger partial charge in [-0.05, 0) is 31.5 Å². The highest BCUT2D eigenvalue weighted by Gasteiger charge is 2.19. The van der Waals surface area contributed by atoms with Crippen molar-refractivity contribution in [2.75, 3.05) is 53.4 Å². The molecule has 0 aromatic heterocycles. The van der Waals surface area contributed by atoms with Crippen LogP contribution < -0.4 is 10.6 Å². The highest BCUT2D eigenvalue weighted by atomic mass is 127. The van der Waals surface area contributed by atoms with Crippen molar-refractivity contribution >= 4 is 29.9 Å². The molecule has 0 saturated carbocycles. The molecule has 31 heavy (non-hydrogen) atoms. The van der Waals surface area contributed by atoms with Crippen molar-refractivity contribution in [2.24, 2.45) is 4.99 Å². The summed E-state index contributed by atoms with van der Waals surface area (Å²) in [5.41, 5.74) is 2.72. The number of nitrogens with one attached hydrogen (secondary N) is 2. The number of aliphatic imine (C=N–C) groups is 1. The minimum absolute atomic E-state index is 0. The van der Waals surface area contributed by atoms with Crippen LogP contribution in [0.2, 0.25) is 0 Å². The summed E-state index contributed by atoms with van der Waals surface area (Å²) in [5, 5.41) is 7.10. The second-order valence-corrected chi connectivity index (χ2v) is 8.32. The Bertz CT molecular complexity index is 760. The Morgan fingerprint density at radius 3 is 2.10 bits per heavy atom. The normalized spacial score (nSPS) is 17.5. The van der Waals surface area contributed by atoms with E-state index in [1.165, 1.54) is 11.1 Å². The molecule has 170 valence electrons. The number of nitrogens with zero attached hydrogens (tertiary/aromatic N) is 3. The maximum Gasteiger partial charge on any atom is 0.191 e. The smallest absolute Gasteiger partial charge is 0.191 e. The van der Waals surface area contributed by atoms with E-state index in [0.29, 0.717) is 12.0 Å². The Labute approximate surface area is 205 Å². The largest absolute Gasteiger partial charge is 0.356 e. The van der Waals surface area contributed by atoms with Gasteiger partial charge in [-0.1, -0.05) is 60.7 Å². The molecule has 0 radical (unpaired) electrons. The van der Waals surface area contributed by atoms with E-state index < -0.39 is 0 Å². The first kappa shape index (κ1) is 25.6. The number of likely N-dealkylation sites (N-methyl/N-ethyl adjacent to an activating group) is 1. The highest BCUT2D eigenvalue weighted by Crippen LogP contribution is 2.20. The van der Waals surface area contributed by atoms with Gasteiger partial charge in [-0.2, -0.15) is 0 Å². The Balaban J connectivity index is 0.00000341. The maximum absolute atomic E-state index is 4.46. The van der Waals surface area contributed by atoms with E-state index in [0.717, 1.165) is 51.6 Å². The zero-order valence-electron chi connectivity index (χ0n) is 19.1. The average Bonchev–Trinajstić information content (AvgIpc) is 2.80. The third-order valence-electron chi connectivity index (χ3n) is 6.06. The first-order chi connectivity index (χ1) is 14.7. The lowest BCUT2D eigenvalue weighted by molar-refractivity contribution is 0.120. The lowest BCUT2D eigenvalue weighted by Gasteiger charge is -2.36. The van der Waals surface area contributed by atoms with Gasteiger partial charge in [0.15, 0.2) is 5.96 Å². The van der Waals surface area contributed by atoms with Gasteiger partial charge in [0.05, 0.1) is 0 Å². The van der Waals surface area contributed by atoms with Gasteiger partial charge in [0.25, 0.3) is 0 Å². The van der Waals surface area contributed by atoms with Crippen LogP contribution >= 0.6 is 24.0 Å². The van der Waals surface area contributed by atoms with Gasteiger partial charge in [-0.3, -0.25) is 9.89 Å². The molecule has 1 aliphatic rings. The lowest BCUT2D eigenvalue weighted by atomic mass is 9.92. The molecule has 0 bridgehead atoms. The summed E-state index contributed by atoms with van der Waals surface area (Å²) in [6.07, 6.45) is 1.01. The molecule has 1 fully saturated rings. The zero-order chi connectivity index (χ0) is 21.2. The van der Waals surface area contributed by atoms with E-state index >= 15 is 0 Å². The van der Waals surface area contributed by atoms with Crippen molar-refractivity contribution in [2.45, 2.75) is 25.3 Å². The Morgan fingerprint density at radius 2 is 1.48 bits per heavy atom. The first-order valence-corrected chi connectivity index (χ1v) is 11.1. The van der Waals surface area contributed by atoms with Crippen LogP contribution in [-0.4, -0.2) is 75.2 Å². The third-order valence-corrected chi connectivity index (χ3v) is 6.06. The average molecular weight is 536 g/mol. The van der Waals surface area contributed by atoms with Crippen molar-refractivity contribution in [1.82, 2.24) is 20.4 Å². The Hall–Kier alpha value is -1.64. The van der Waals surface area contributed by atoms with Gasteiger partial charge in [0.2, 0.25) is 0 Å². The SMILES string of the molecule is CN=C(NCC(Cc1ccccc1)c1ccccc1)NCC(C)N1CCN(C)CC1.I. The number of rotatable bonds is 8. The van der Waals surface area contributed by atoms with Gasteiger partial charge in [-0.25, -0.2) is 0 Å². The molecule has 3 rings (SSSR count).